The normalized spacial score (nSPS) is 19.0. The first-order valence-electron chi connectivity index (χ1n) is 6.86. The Morgan fingerprint density at radius 2 is 2.00 bits per heavy atom. The van der Waals surface area contributed by atoms with Crippen LogP contribution in [0.5, 0.6) is 0 Å². The molecule has 1 atom stereocenters. The lowest BCUT2D eigenvalue weighted by Gasteiger charge is -2.20. The highest BCUT2D eigenvalue weighted by atomic mass is 16.6. The standard InChI is InChI=1S/C15H22N2O3/c1-15(2,3)20-14(19)16-11-4-6-12(7-5-11)17-9-8-13(18)10-17/h4-7,13,18H,8-10H2,1-3H3,(H,16,19). The zero-order valence-corrected chi connectivity index (χ0v) is 12.2. The molecule has 1 fully saturated rings. The summed E-state index contributed by atoms with van der Waals surface area (Å²) >= 11 is 0. The molecule has 5 heteroatoms. The maximum absolute atomic E-state index is 11.6. The number of carbonyl (C=O) groups is 1. The molecule has 5 nitrogen and oxygen atoms in total. The van der Waals surface area contributed by atoms with Crippen LogP contribution in [-0.2, 0) is 4.74 Å². The van der Waals surface area contributed by atoms with Gasteiger partial charge >= 0.3 is 6.09 Å². The number of carbonyl (C=O) groups excluding carboxylic acids is 1. The zero-order valence-electron chi connectivity index (χ0n) is 12.2. The number of anilines is 2. The molecule has 0 aromatic heterocycles. The lowest BCUT2D eigenvalue weighted by atomic mass is 10.2. The molecule has 0 aliphatic carbocycles. The third kappa shape index (κ3) is 4.13. The lowest BCUT2D eigenvalue weighted by Crippen LogP contribution is -2.27. The van der Waals surface area contributed by atoms with Crippen molar-refractivity contribution in [1.82, 2.24) is 0 Å². The van der Waals surface area contributed by atoms with E-state index in [1.165, 1.54) is 0 Å². The number of rotatable bonds is 2. The van der Waals surface area contributed by atoms with Crippen LogP contribution in [0.3, 0.4) is 0 Å². The molecular formula is C15H22N2O3. The molecule has 0 bridgehead atoms. The molecule has 0 radical (unpaired) electrons. The molecule has 1 aliphatic heterocycles. The van der Waals surface area contributed by atoms with E-state index < -0.39 is 11.7 Å². The first-order valence-corrected chi connectivity index (χ1v) is 6.86. The molecule has 0 saturated carbocycles. The molecule has 1 heterocycles. The molecule has 1 amide bonds. The molecule has 1 unspecified atom stereocenters. The van der Waals surface area contributed by atoms with Crippen LogP contribution < -0.4 is 10.2 Å². The highest BCUT2D eigenvalue weighted by molar-refractivity contribution is 5.85. The van der Waals surface area contributed by atoms with Crippen molar-refractivity contribution in [2.75, 3.05) is 23.3 Å². The third-order valence-corrected chi connectivity index (χ3v) is 3.04. The van der Waals surface area contributed by atoms with Crippen LogP contribution in [0.4, 0.5) is 16.2 Å². The molecular weight excluding hydrogens is 256 g/mol. The Labute approximate surface area is 119 Å². The van der Waals surface area contributed by atoms with Crippen molar-refractivity contribution in [2.24, 2.45) is 0 Å². The summed E-state index contributed by atoms with van der Waals surface area (Å²) in [5.41, 5.74) is 1.24. The number of nitrogens with one attached hydrogen (secondary N) is 1. The van der Waals surface area contributed by atoms with Gasteiger partial charge in [0.2, 0.25) is 0 Å². The number of β-amino-alcohol motifs (C(OH)–C–C–N with tert-alkyl or cyclic N) is 1. The van der Waals surface area contributed by atoms with E-state index in [-0.39, 0.29) is 6.10 Å². The van der Waals surface area contributed by atoms with Crippen LogP contribution in [0, 0.1) is 0 Å². The van der Waals surface area contributed by atoms with Gasteiger partial charge in [0, 0.05) is 24.5 Å². The minimum atomic E-state index is -0.504. The van der Waals surface area contributed by atoms with E-state index in [2.05, 4.69) is 10.2 Å². The van der Waals surface area contributed by atoms with E-state index in [0.717, 1.165) is 18.7 Å². The van der Waals surface area contributed by atoms with E-state index in [9.17, 15) is 9.90 Å². The van der Waals surface area contributed by atoms with E-state index in [0.29, 0.717) is 12.2 Å². The maximum atomic E-state index is 11.6. The van der Waals surface area contributed by atoms with Gasteiger partial charge in [-0.1, -0.05) is 0 Å². The molecule has 1 saturated heterocycles. The maximum Gasteiger partial charge on any atom is 0.412 e. The van der Waals surface area contributed by atoms with Gasteiger partial charge < -0.3 is 14.7 Å². The van der Waals surface area contributed by atoms with Crippen LogP contribution in [0.25, 0.3) is 0 Å². The fourth-order valence-corrected chi connectivity index (χ4v) is 2.15. The fraction of sp³-hybridized carbons (Fsp3) is 0.533. The second-order valence-corrected chi connectivity index (χ2v) is 6.06. The number of nitrogens with zero attached hydrogens (tertiary/aromatic N) is 1. The van der Waals surface area contributed by atoms with Crippen LogP contribution in [-0.4, -0.2) is 36.0 Å². The van der Waals surface area contributed by atoms with Gasteiger partial charge in [-0.3, -0.25) is 5.32 Å². The fourth-order valence-electron chi connectivity index (χ4n) is 2.15. The second-order valence-electron chi connectivity index (χ2n) is 6.06. The summed E-state index contributed by atoms with van der Waals surface area (Å²) in [6.45, 7) is 7.01. The summed E-state index contributed by atoms with van der Waals surface area (Å²) in [5.74, 6) is 0. The number of hydrogen-bond donors (Lipinski definition) is 2. The number of aliphatic hydroxyl groups is 1. The van der Waals surface area contributed by atoms with Crippen LogP contribution in [0.15, 0.2) is 24.3 Å². The van der Waals surface area contributed by atoms with Crippen LogP contribution >= 0.6 is 0 Å². The average Bonchev–Trinajstić information content (AvgIpc) is 2.74. The topological polar surface area (TPSA) is 61.8 Å². The largest absolute Gasteiger partial charge is 0.444 e. The lowest BCUT2D eigenvalue weighted by molar-refractivity contribution is 0.0636. The van der Waals surface area contributed by atoms with Crippen LogP contribution in [0.2, 0.25) is 0 Å². The highest BCUT2D eigenvalue weighted by Gasteiger charge is 2.20. The van der Waals surface area contributed by atoms with Crippen molar-refractivity contribution in [3.05, 3.63) is 24.3 Å². The highest BCUT2D eigenvalue weighted by Crippen LogP contribution is 2.22. The SMILES string of the molecule is CC(C)(C)OC(=O)Nc1ccc(N2CCC(O)C2)cc1. The van der Waals surface area contributed by atoms with Crippen molar-refractivity contribution < 1.29 is 14.6 Å². The minimum absolute atomic E-state index is 0.241. The predicted molar refractivity (Wildman–Crippen MR) is 79.1 cm³/mol. The van der Waals surface area contributed by atoms with Gasteiger partial charge in [0.25, 0.3) is 0 Å². The molecule has 1 aromatic rings. The molecule has 1 aliphatic rings. The van der Waals surface area contributed by atoms with Gasteiger partial charge in [-0.05, 0) is 51.5 Å². The van der Waals surface area contributed by atoms with Gasteiger partial charge in [0.05, 0.1) is 6.10 Å². The first-order chi connectivity index (χ1) is 9.33. The van der Waals surface area contributed by atoms with Gasteiger partial charge in [-0.25, -0.2) is 4.79 Å². The Kier molecular flexibility index (Phi) is 4.18. The summed E-state index contributed by atoms with van der Waals surface area (Å²) in [6.07, 6.45) is 0.106. The van der Waals surface area contributed by atoms with Crippen molar-refractivity contribution in [2.45, 2.75) is 38.9 Å². The summed E-state index contributed by atoms with van der Waals surface area (Å²) in [6, 6.07) is 7.55. The van der Waals surface area contributed by atoms with E-state index in [1.807, 2.05) is 45.0 Å². The quantitative estimate of drug-likeness (QED) is 0.873. The Hall–Kier alpha value is -1.75. The molecule has 20 heavy (non-hydrogen) atoms. The molecule has 2 rings (SSSR count). The van der Waals surface area contributed by atoms with E-state index in [4.69, 9.17) is 4.74 Å². The number of benzene rings is 1. The third-order valence-electron chi connectivity index (χ3n) is 3.04. The molecule has 1 aromatic carbocycles. The number of amides is 1. The van der Waals surface area contributed by atoms with Gasteiger partial charge in [-0.2, -0.15) is 0 Å². The van der Waals surface area contributed by atoms with Crippen molar-refractivity contribution in [3.8, 4) is 0 Å². The molecule has 2 N–H and O–H groups in total. The minimum Gasteiger partial charge on any atom is -0.444 e. The van der Waals surface area contributed by atoms with E-state index in [1.54, 1.807) is 0 Å². The zero-order chi connectivity index (χ0) is 14.8. The summed E-state index contributed by atoms with van der Waals surface area (Å²) < 4.78 is 5.19. The van der Waals surface area contributed by atoms with Crippen LogP contribution in [0.1, 0.15) is 27.2 Å². The summed E-state index contributed by atoms with van der Waals surface area (Å²) in [4.78, 5) is 13.8. The average molecular weight is 278 g/mol. The Morgan fingerprint density at radius 3 is 2.50 bits per heavy atom. The van der Waals surface area contributed by atoms with E-state index >= 15 is 0 Å². The van der Waals surface area contributed by atoms with Crippen molar-refractivity contribution in [3.63, 3.8) is 0 Å². The van der Waals surface area contributed by atoms with Crippen molar-refractivity contribution >= 4 is 17.5 Å². The van der Waals surface area contributed by atoms with Gasteiger partial charge in [0.15, 0.2) is 0 Å². The molecule has 110 valence electrons. The smallest absolute Gasteiger partial charge is 0.412 e. The van der Waals surface area contributed by atoms with Crippen molar-refractivity contribution in [1.29, 1.82) is 0 Å². The van der Waals surface area contributed by atoms with Gasteiger partial charge in [-0.15, -0.1) is 0 Å². The number of aliphatic hydroxyl groups excluding tert-OH is 1. The number of ether oxygens (including phenoxy) is 1. The Morgan fingerprint density at radius 1 is 1.35 bits per heavy atom. The van der Waals surface area contributed by atoms with Gasteiger partial charge in [0.1, 0.15) is 5.60 Å². The Balaban J connectivity index is 1.93. The summed E-state index contributed by atoms with van der Waals surface area (Å²) in [7, 11) is 0. The Bertz CT molecular complexity index is 465. The summed E-state index contributed by atoms with van der Waals surface area (Å²) in [5, 5.41) is 12.2. The molecule has 0 spiro atoms. The second kappa shape index (κ2) is 5.71. The number of hydrogen-bond acceptors (Lipinski definition) is 4. The monoisotopic (exact) mass is 278 g/mol. The predicted octanol–water partition coefficient (Wildman–Crippen LogP) is 2.60. The first kappa shape index (κ1) is 14.7.